The quantitative estimate of drug-likeness (QED) is 0.711. The van der Waals surface area contributed by atoms with Crippen LogP contribution in [-0.4, -0.2) is 36.0 Å². The number of aliphatic hydroxyl groups is 1. The van der Waals surface area contributed by atoms with Gasteiger partial charge in [0, 0.05) is 19.8 Å². The van der Waals surface area contributed by atoms with Gasteiger partial charge in [-0.2, -0.15) is 5.10 Å². The zero-order valence-electron chi connectivity index (χ0n) is 11.7. The molecule has 0 aliphatic rings. The van der Waals surface area contributed by atoms with Crippen molar-refractivity contribution in [1.82, 2.24) is 14.5 Å². The molecule has 0 fully saturated rings. The van der Waals surface area contributed by atoms with Gasteiger partial charge in [0.15, 0.2) is 5.82 Å². The number of hydrogen-bond donors (Lipinski definition) is 3. The number of sulfonamides is 1. The van der Waals surface area contributed by atoms with Crippen molar-refractivity contribution in [2.45, 2.75) is 38.2 Å². The topological polar surface area (TPSA) is 110 Å². The molecule has 0 spiro atoms. The molecule has 0 amide bonds. The van der Waals surface area contributed by atoms with E-state index in [1.807, 2.05) is 20.8 Å². The highest BCUT2D eigenvalue weighted by molar-refractivity contribution is 7.89. The van der Waals surface area contributed by atoms with Gasteiger partial charge in [-0.05, 0) is 11.8 Å². The van der Waals surface area contributed by atoms with E-state index in [4.69, 9.17) is 5.73 Å². The Hall–Kier alpha value is -1.12. The summed E-state index contributed by atoms with van der Waals surface area (Å²) in [5.41, 5.74) is 5.45. The van der Waals surface area contributed by atoms with Crippen LogP contribution in [0.2, 0.25) is 0 Å². The molecule has 0 bridgehead atoms. The van der Waals surface area contributed by atoms with Gasteiger partial charge in [-0.25, -0.2) is 13.1 Å². The Morgan fingerprint density at radius 3 is 2.53 bits per heavy atom. The Morgan fingerprint density at radius 1 is 1.53 bits per heavy atom. The van der Waals surface area contributed by atoms with Gasteiger partial charge in [0.05, 0.1) is 6.10 Å². The van der Waals surface area contributed by atoms with Crippen LogP contribution in [0.1, 0.15) is 27.2 Å². The second-order valence-electron chi connectivity index (χ2n) is 5.82. The first kappa shape index (κ1) is 15.9. The van der Waals surface area contributed by atoms with Crippen molar-refractivity contribution in [3.8, 4) is 0 Å². The number of aromatic nitrogens is 2. The number of anilines is 1. The standard InChI is InChI=1S/C11H22N4O3S/c1-11(2,3)5-8(16)6-13-19(17,18)9-7-15(4)14-10(9)12/h7-8,13,16H,5-6H2,1-4H3,(H2,12,14). The Labute approximate surface area is 113 Å². The van der Waals surface area contributed by atoms with Crippen LogP contribution in [0.4, 0.5) is 5.82 Å². The summed E-state index contributed by atoms with van der Waals surface area (Å²) in [5, 5.41) is 13.6. The van der Waals surface area contributed by atoms with Crippen LogP contribution >= 0.6 is 0 Å². The van der Waals surface area contributed by atoms with Crippen molar-refractivity contribution < 1.29 is 13.5 Å². The molecule has 0 aromatic carbocycles. The number of nitrogens with one attached hydrogen (secondary N) is 1. The number of aryl methyl sites for hydroxylation is 1. The van der Waals surface area contributed by atoms with Gasteiger partial charge >= 0.3 is 0 Å². The molecule has 1 atom stereocenters. The Balaban J connectivity index is 2.69. The lowest BCUT2D eigenvalue weighted by atomic mass is 9.89. The smallest absolute Gasteiger partial charge is 0.245 e. The van der Waals surface area contributed by atoms with Crippen LogP contribution in [-0.2, 0) is 17.1 Å². The SMILES string of the molecule is Cn1cc(S(=O)(=O)NCC(O)CC(C)(C)C)c(N)n1. The van der Waals surface area contributed by atoms with Gasteiger partial charge in [0.1, 0.15) is 4.90 Å². The molecule has 0 aliphatic heterocycles. The van der Waals surface area contributed by atoms with Crippen LogP contribution < -0.4 is 10.5 Å². The number of nitrogens with two attached hydrogens (primary N) is 1. The van der Waals surface area contributed by atoms with Crippen molar-refractivity contribution in [3.63, 3.8) is 0 Å². The number of hydrogen-bond acceptors (Lipinski definition) is 5. The molecule has 1 rings (SSSR count). The van der Waals surface area contributed by atoms with E-state index in [1.165, 1.54) is 10.9 Å². The zero-order chi connectivity index (χ0) is 14.8. The first-order valence-electron chi connectivity index (χ1n) is 5.98. The van der Waals surface area contributed by atoms with E-state index < -0.39 is 16.1 Å². The fourth-order valence-corrected chi connectivity index (χ4v) is 2.93. The first-order valence-corrected chi connectivity index (χ1v) is 7.46. The van der Waals surface area contributed by atoms with Crippen LogP contribution in [0.25, 0.3) is 0 Å². The highest BCUT2D eigenvalue weighted by atomic mass is 32.2. The molecule has 0 saturated heterocycles. The fraction of sp³-hybridized carbons (Fsp3) is 0.727. The average Bonchev–Trinajstić information content (AvgIpc) is 2.53. The van der Waals surface area contributed by atoms with Crippen molar-refractivity contribution in [3.05, 3.63) is 6.20 Å². The summed E-state index contributed by atoms with van der Waals surface area (Å²) in [6.45, 7) is 5.88. The second-order valence-corrected chi connectivity index (χ2v) is 7.56. The predicted octanol–water partition coefficient (Wildman–Crippen LogP) is 0.0777. The highest BCUT2D eigenvalue weighted by Crippen LogP contribution is 2.21. The van der Waals surface area contributed by atoms with E-state index >= 15 is 0 Å². The summed E-state index contributed by atoms with van der Waals surface area (Å²) in [6, 6.07) is 0. The molecule has 8 heteroatoms. The molecule has 4 N–H and O–H groups in total. The lowest BCUT2D eigenvalue weighted by Gasteiger charge is -2.22. The molecule has 1 heterocycles. The maximum Gasteiger partial charge on any atom is 0.245 e. The van der Waals surface area contributed by atoms with E-state index in [2.05, 4.69) is 9.82 Å². The number of nitrogen functional groups attached to an aromatic ring is 1. The Bertz CT molecular complexity index is 531. The maximum atomic E-state index is 12.0. The molecule has 0 aliphatic carbocycles. The molecule has 0 radical (unpaired) electrons. The molecule has 19 heavy (non-hydrogen) atoms. The summed E-state index contributed by atoms with van der Waals surface area (Å²) >= 11 is 0. The van der Waals surface area contributed by atoms with Crippen molar-refractivity contribution in [1.29, 1.82) is 0 Å². The molecule has 7 nitrogen and oxygen atoms in total. The van der Waals surface area contributed by atoms with Gasteiger partial charge in [0.2, 0.25) is 10.0 Å². The Kier molecular flexibility index (Phi) is 4.59. The monoisotopic (exact) mass is 290 g/mol. The summed E-state index contributed by atoms with van der Waals surface area (Å²) in [5.74, 6) is -0.0553. The minimum Gasteiger partial charge on any atom is -0.392 e. The molecular weight excluding hydrogens is 268 g/mol. The predicted molar refractivity (Wildman–Crippen MR) is 72.9 cm³/mol. The third-order valence-corrected chi connectivity index (χ3v) is 3.91. The zero-order valence-corrected chi connectivity index (χ0v) is 12.5. The summed E-state index contributed by atoms with van der Waals surface area (Å²) in [4.78, 5) is -0.0713. The summed E-state index contributed by atoms with van der Waals surface area (Å²) in [7, 11) is -2.15. The lowest BCUT2D eigenvalue weighted by Crippen LogP contribution is -2.34. The molecule has 110 valence electrons. The van der Waals surface area contributed by atoms with Gasteiger partial charge < -0.3 is 10.8 Å². The van der Waals surface area contributed by atoms with E-state index in [1.54, 1.807) is 7.05 Å². The normalized spacial score (nSPS) is 14.6. The molecule has 0 saturated carbocycles. The number of aliphatic hydroxyl groups excluding tert-OH is 1. The molecule has 1 aromatic rings. The number of rotatable bonds is 5. The van der Waals surface area contributed by atoms with Gasteiger partial charge in [-0.3, -0.25) is 4.68 Å². The van der Waals surface area contributed by atoms with E-state index in [0.29, 0.717) is 6.42 Å². The summed E-state index contributed by atoms with van der Waals surface area (Å²) < 4.78 is 27.6. The third-order valence-electron chi connectivity index (χ3n) is 2.47. The van der Waals surface area contributed by atoms with Crippen LogP contribution in [0.15, 0.2) is 11.1 Å². The molecular formula is C11H22N4O3S. The van der Waals surface area contributed by atoms with E-state index in [0.717, 1.165) is 0 Å². The van der Waals surface area contributed by atoms with Crippen molar-refractivity contribution >= 4 is 15.8 Å². The second kappa shape index (κ2) is 5.48. The Morgan fingerprint density at radius 2 is 2.11 bits per heavy atom. The molecule has 1 unspecified atom stereocenters. The van der Waals surface area contributed by atoms with Crippen molar-refractivity contribution in [2.75, 3.05) is 12.3 Å². The summed E-state index contributed by atoms with van der Waals surface area (Å²) in [6.07, 6.45) is 1.08. The fourth-order valence-electron chi connectivity index (χ4n) is 1.75. The minimum absolute atomic E-state index is 0.0477. The molecule has 1 aromatic heterocycles. The van der Waals surface area contributed by atoms with Gasteiger partial charge in [-0.15, -0.1) is 0 Å². The highest BCUT2D eigenvalue weighted by Gasteiger charge is 2.23. The number of nitrogens with zero attached hydrogens (tertiary/aromatic N) is 2. The third kappa shape index (κ3) is 4.81. The van der Waals surface area contributed by atoms with Crippen LogP contribution in [0.5, 0.6) is 0 Å². The van der Waals surface area contributed by atoms with Crippen LogP contribution in [0, 0.1) is 5.41 Å². The average molecular weight is 290 g/mol. The van der Waals surface area contributed by atoms with E-state index in [9.17, 15) is 13.5 Å². The van der Waals surface area contributed by atoms with Crippen molar-refractivity contribution in [2.24, 2.45) is 12.5 Å². The maximum absolute atomic E-state index is 12.0. The van der Waals surface area contributed by atoms with Crippen LogP contribution in [0.3, 0.4) is 0 Å². The first-order chi connectivity index (χ1) is 8.51. The van der Waals surface area contributed by atoms with Gasteiger partial charge in [-0.1, -0.05) is 20.8 Å². The largest absolute Gasteiger partial charge is 0.392 e. The van der Waals surface area contributed by atoms with Gasteiger partial charge in [0.25, 0.3) is 0 Å². The minimum atomic E-state index is -3.74. The lowest BCUT2D eigenvalue weighted by molar-refractivity contribution is 0.125. The van der Waals surface area contributed by atoms with E-state index in [-0.39, 0.29) is 22.7 Å².